The zero-order valence-electron chi connectivity index (χ0n) is 30.4. The number of nitrogens with zero attached hydrogens (tertiary/aromatic N) is 7. The summed E-state index contributed by atoms with van der Waals surface area (Å²) in [5.74, 6) is -0.0977. The highest BCUT2D eigenvalue weighted by atomic mass is 35.5. The van der Waals surface area contributed by atoms with E-state index in [0.717, 1.165) is 53.0 Å². The van der Waals surface area contributed by atoms with Crippen molar-refractivity contribution in [3.05, 3.63) is 58.9 Å². The van der Waals surface area contributed by atoms with Gasteiger partial charge in [-0.25, -0.2) is 4.98 Å². The molecule has 5 heterocycles. The number of rotatable bonds is 9. The molecule has 4 atom stereocenters. The van der Waals surface area contributed by atoms with Crippen molar-refractivity contribution in [3.63, 3.8) is 0 Å². The zero-order valence-corrected chi connectivity index (χ0v) is 31.1. The van der Waals surface area contributed by atoms with Crippen molar-refractivity contribution in [2.45, 2.75) is 50.7 Å². The predicted molar refractivity (Wildman–Crippen MR) is 202 cm³/mol. The number of halogens is 1. The molecule has 2 fully saturated rings. The lowest BCUT2D eigenvalue weighted by atomic mass is 9.92. The van der Waals surface area contributed by atoms with Crippen LogP contribution in [0, 0.1) is 5.92 Å². The number of likely N-dealkylation sites (N-methyl/N-ethyl adjacent to an activating group) is 2. The lowest BCUT2D eigenvalue weighted by Crippen LogP contribution is -2.46. The number of ether oxygens (including phenoxy) is 1. The molecule has 2 aromatic carbocycles. The fourth-order valence-corrected chi connectivity index (χ4v) is 7.42. The average molecular weight is 743 g/mol. The highest BCUT2D eigenvalue weighted by Gasteiger charge is 2.34. The third-order valence-corrected chi connectivity index (χ3v) is 10.6. The summed E-state index contributed by atoms with van der Waals surface area (Å²) in [6.07, 6.45) is 2.77. The largest absolute Gasteiger partial charge is 0.382 e. The zero-order chi connectivity index (χ0) is 37.6. The molecule has 0 bridgehead atoms. The van der Waals surface area contributed by atoms with Crippen molar-refractivity contribution in [1.29, 1.82) is 0 Å². The standard InChI is InChI=1S/C37H43ClN10O5/c1-20-18-48(13-12-27(20)40-23-6-8-24-29(16-23)47(5)44-33(24)25-9-11-31(49)42-35(25)51)37-39-17-26(38)34(43-37)41-22-7-10-28-21(14-22)15-30(36(52)46(28)4)53-19-32(50)45(2)3/h6-8,10,14,16-17,20,25,27,30,40H,9,11-13,15,18-19H2,1-5H3,(H,39,41,43)(H,42,49,51)/t20-,25?,27?,30?/m1/s1. The Morgan fingerprint density at radius 3 is 2.64 bits per heavy atom. The number of piperidine rings is 2. The van der Waals surface area contributed by atoms with Gasteiger partial charge in [-0.05, 0) is 60.7 Å². The Kier molecular flexibility index (Phi) is 9.96. The molecule has 7 rings (SSSR count). The van der Waals surface area contributed by atoms with E-state index in [9.17, 15) is 19.2 Å². The molecule has 53 heavy (non-hydrogen) atoms. The van der Waals surface area contributed by atoms with Crippen LogP contribution in [0.4, 0.5) is 28.8 Å². The van der Waals surface area contributed by atoms with Crippen LogP contribution in [-0.4, -0.2) is 101 Å². The maximum absolute atomic E-state index is 12.9. The molecule has 0 saturated carbocycles. The summed E-state index contributed by atoms with van der Waals surface area (Å²) < 4.78 is 7.52. The molecule has 3 aliphatic heterocycles. The van der Waals surface area contributed by atoms with E-state index in [1.165, 1.54) is 4.90 Å². The fraction of sp³-hybridized carbons (Fsp3) is 0.432. The molecule has 3 unspecified atom stereocenters. The Morgan fingerprint density at radius 2 is 1.89 bits per heavy atom. The van der Waals surface area contributed by atoms with Crippen LogP contribution in [0.1, 0.15) is 43.4 Å². The normalized spacial score (nSPS) is 21.7. The average Bonchev–Trinajstić information content (AvgIpc) is 3.45. The molecular weight excluding hydrogens is 700 g/mol. The van der Waals surface area contributed by atoms with Gasteiger partial charge in [0.2, 0.25) is 23.7 Å². The van der Waals surface area contributed by atoms with Crippen LogP contribution in [0.2, 0.25) is 5.02 Å². The molecular formula is C37H43ClN10O5. The van der Waals surface area contributed by atoms with Crippen LogP contribution in [0.25, 0.3) is 10.9 Å². The van der Waals surface area contributed by atoms with Crippen LogP contribution in [0.5, 0.6) is 0 Å². The van der Waals surface area contributed by atoms with Crippen molar-refractivity contribution in [2.75, 3.05) is 61.3 Å². The third-order valence-electron chi connectivity index (χ3n) is 10.3. The number of benzene rings is 2. The van der Waals surface area contributed by atoms with E-state index in [1.807, 2.05) is 37.4 Å². The molecule has 0 radical (unpaired) electrons. The third kappa shape index (κ3) is 7.35. The first-order chi connectivity index (χ1) is 25.4. The quantitative estimate of drug-likeness (QED) is 0.215. The Labute approximate surface area is 312 Å². The van der Waals surface area contributed by atoms with Crippen LogP contribution in [0.3, 0.4) is 0 Å². The monoisotopic (exact) mass is 742 g/mol. The van der Waals surface area contributed by atoms with Gasteiger partial charge in [0.25, 0.3) is 5.91 Å². The van der Waals surface area contributed by atoms with Crippen LogP contribution in [0.15, 0.2) is 42.6 Å². The smallest absolute Gasteiger partial charge is 0.256 e. The van der Waals surface area contributed by atoms with E-state index in [0.29, 0.717) is 41.7 Å². The number of hydrogen-bond acceptors (Lipinski definition) is 11. The molecule has 2 saturated heterocycles. The van der Waals surface area contributed by atoms with Crippen molar-refractivity contribution >= 4 is 75.0 Å². The van der Waals surface area contributed by atoms with E-state index < -0.39 is 12.0 Å². The SMILES string of the molecule is C[C@@H]1CN(c2ncc(Cl)c(Nc3ccc4c(c3)CC(OCC(=O)N(C)C)C(=O)N4C)n2)CCC1Nc1ccc2c(C3CCC(=O)NC3=O)nn(C)c2c1. The molecule has 0 spiro atoms. The lowest BCUT2D eigenvalue weighted by Gasteiger charge is -2.38. The van der Waals surface area contributed by atoms with Crippen LogP contribution < -0.4 is 25.8 Å². The number of amides is 4. The summed E-state index contributed by atoms with van der Waals surface area (Å²) in [7, 11) is 6.86. The highest BCUT2D eigenvalue weighted by molar-refractivity contribution is 6.33. The first-order valence-corrected chi connectivity index (χ1v) is 18.1. The Bertz CT molecular complexity index is 2100. The molecule has 15 nitrogen and oxygen atoms in total. The maximum atomic E-state index is 12.9. The summed E-state index contributed by atoms with van der Waals surface area (Å²) in [6.45, 7) is 3.48. The predicted octanol–water partition coefficient (Wildman–Crippen LogP) is 3.60. The number of anilines is 5. The van der Waals surface area contributed by atoms with Crippen molar-refractivity contribution in [3.8, 4) is 0 Å². The Hall–Kier alpha value is -5.28. The molecule has 2 aromatic heterocycles. The summed E-state index contributed by atoms with van der Waals surface area (Å²) in [6, 6.07) is 12.0. The summed E-state index contributed by atoms with van der Waals surface area (Å²) in [4.78, 5) is 63.8. The number of aromatic nitrogens is 4. The van der Waals surface area contributed by atoms with Gasteiger partial charge in [0, 0.05) is 82.6 Å². The first kappa shape index (κ1) is 36.1. The van der Waals surface area contributed by atoms with Gasteiger partial charge in [-0.3, -0.25) is 29.2 Å². The number of hydrogen-bond donors (Lipinski definition) is 3. The fourth-order valence-electron chi connectivity index (χ4n) is 7.28. The molecule has 278 valence electrons. The highest BCUT2D eigenvalue weighted by Crippen LogP contribution is 2.35. The molecule has 16 heteroatoms. The number of fused-ring (bicyclic) bond motifs is 2. The molecule has 4 aromatic rings. The van der Waals surface area contributed by atoms with E-state index in [2.05, 4.69) is 43.9 Å². The minimum Gasteiger partial charge on any atom is -0.382 e. The summed E-state index contributed by atoms with van der Waals surface area (Å²) in [5, 5.41) is 15.4. The minimum absolute atomic E-state index is 0.175. The van der Waals surface area contributed by atoms with Gasteiger partial charge >= 0.3 is 0 Å². The van der Waals surface area contributed by atoms with E-state index in [-0.39, 0.29) is 42.2 Å². The first-order valence-electron chi connectivity index (χ1n) is 17.7. The maximum Gasteiger partial charge on any atom is 0.256 e. The molecule has 4 amide bonds. The number of carbonyl (C=O) groups excluding carboxylic acids is 4. The second-order valence-corrected chi connectivity index (χ2v) is 14.6. The number of imide groups is 1. The topological polar surface area (TPSA) is 167 Å². The van der Waals surface area contributed by atoms with Crippen molar-refractivity contribution in [2.24, 2.45) is 13.0 Å². The van der Waals surface area contributed by atoms with Gasteiger partial charge in [-0.2, -0.15) is 10.1 Å². The van der Waals surface area contributed by atoms with Gasteiger partial charge in [0.1, 0.15) is 17.7 Å². The van der Waals surface area contributed by atoms with E-state index >= 15 is 0 Å². The molecule has 3 N–H and O–H groups in total. The lowest BCUT2D eigenvalue weighted by molar-refractivity contribution is -0.141. The van der Waals surface area contributed by atoms with Gasteiger partial charge in [0.15, 0.2) is 5.82 Å². The number of carbonyl (C=O) groups is 4. The van der Waals surface area contributed by atoms with Crippen molar-refractivity contribution in [1.82, 2.24) is 30.0 Å². The van der Waals surface area contributed by atoms with Crippen LogP contribution in [-0.2, 0) is 37.4 Å². The second-order valence-electron chi connectivity index (χ2n) is 14.2. The summed E-state index contributed by atoms with van der Waals surface area (Å²) in [5.41, 5.74) is 4.99. The van der Waals surface area contributed by atoms with Gasteiger partial charge < -0.3 is 30.1 Å². The van der Waals surface area contributed by atoms with Gasteiger partial charge in [0.05, 0.1) is 23.3 Å². The van der Waals surface area contributed by atoms with Crippen LogP contribution >= 0.6 is 11.6 Å². The summed E-state index contributed by atoms with van der Waals surface area (Å²) >= 11 is 6.58. The van der Waals surface area contributed by atoms with Gasteiger partial charge in [-0.15, -0.1) is 0 Å². The van der Waals surface area contributed by atoms with Gasteiger partial charge in [-0.1, -0.05) is 18.5 Å². The minimum atomic E-state index is -0.767. The van der Waals surface area contributed by atoms with Crippen molar-refractivity contribution < 1.29 is 23.9 Å². The second kappa shape index (κ2) is 14.6. The number of nitrogens with one attached hydrogen (secondary N) is 3. The van der Waals surface area contributed by atoms with E-state index in [4.69, 9.17) is 21.3 Å². The van der Waals surface area contributed by atoms with E-state index in [1.54, 1.807) is 36.9 Å². The Morgan fingerprint density at radius 1 is 1.09 bits per heavy atom. The number of aryl methyl sites for hydroxylation is 1. The Balaban J connectivity index is 1.00. The molecule has 3 aliphatic rings. The molecule has 0 aliphatic carbocycles.